The van der Waals surface area contributed by atoms with Crippen LogP contribution in [0.15, 0.2) is 24.3 Å². The lowest BCUT2D eigenvalue weighted by atomic mass is 10.3. The van der Waals surface area contributed by atoms with Gasteiger partial charge in [0.05, 0.1) is 5.69 Å². The van der Waals surface area contributed by atoms with Gasteiger partial charge in [-0.2, -0.15) is 8.78 Å². The van der Waals surface area contributed by atoms with Gasteiger partial charge in [-0.05, 0) is 19.1 Å². The molecule has 0 aliphatic rings. The number of para-hydroxylation sites is 2. The Kier molecular flexibility index (Phi) is 5.04. The quantitative estimate of drug-likeness (QED) is 0.765. The molecule has 0 saturated heterocycles. The van der Waals surface area contributed by atoms with Crippen LogP contribution in [0.1, 0.15) is 6.92 Å². The molecule has 104 valence electrons. The van der Waals surface area contributed by atoms with Crippen molar-refractivity contribution in [2.75, 3.05) is 5.32 Å². The van der Waals surface area contributed by atoms with E-state index >= 15 is 0 Å². The molecule has 0 radical (unpaired) electrons. The number of hydrogen-bond acceptors (Lipinski definition) is 3. The SMILES string of the molecule is C[C@@H](NC(=O)Nc1ccccc1OC(F)F)C(=O)O. The van der Waals surface area contributed by atoms with E-state index in [1.165, 1.54) is 31.2 Å². The molecule has 1 atom stereocenters. The molecule has 0 aromatic heterocycles. The zero-order valence-corrected chi connectivity index (χ0v) is 9.89. The summed E-state index contributed by atoms with van der Waals surface area (Å²) in [4.78, 5) is 22.0. The Morgan fingerprint density at radius 2 is 1.95 bits per heavy atom. The van der Waals surface area contributed by atoms with E-state index in [0.717, 1.165) is 0 Å². The summed E-state index contributed by atoms with van der Waals surface area (Å²) in [5.74, 6) is -1.43. The van der Waals surface area contributed by atoms with Crippen LogP contribution in [0.25, 0.3) is 0 Å². The van der Waals surface area contributed by atoms with Crippen molar-refractivity contribution in [2.24, 2.45) is 0 Å². The van der Waals surface area contributed by atoms with Gasteiger partial charge in [-0.25, -0.2) is 4.79 Å². The summed E-state index contributed by atoms with van der Waals surface area (Å²) in [5, 5.41) is 12.9. The first-order valence-electron chi connectivity index (χ1n) is 5.24. The van der Waals surface area contributed by atoms with Gasteiger partial charge in [-0.15, -0.1) is 0 Å². The molecule has 0 spiro atoms. The Labute approximate surface area is 107 Å². The molecule has 2 amide bonds. The predicted molar refractivity (Wildman–Crippen MR) is 62.3 cm³/mol. The number of urea groups is 1. The minimum atomic E-state index is -3.02. The lowest BCUT2D eigenvalue weighted by Gasteiger charge is -2.13. The van der Waals surface area contributed by atoms with E-state index in [1.807, 2.05) is 0 Å². The predicted octanol–water partition coefficient (Wildman–Crippen LogP) is 1.88. The van der Waals surface area contributed by atoms with Crippen LogP contribution in [0, 0.1) is 0 Å². The average Bonchev–Trinajstić information content (AvgIpc) is 2.30. The number of carbonyl (C=O) groups is 2. The van der Waals surface area contributed by atoms with Gasteiger partial charge < -0.3 is 20.5 Å². The number of carboxylic acids is 1. The molecule has 0 aliphatic carbocycles. The summed E-state index contributed by atoms with van der Waals surface area (Å²) >= 11 is 0. The van der Waals surface area contributed by atoms with Crippen LogP contribution < -0.4 is 15.4 Å². The molecule has 1 aromatic rings. The molecule has 0 fully saturated rings. The Hall–Kier alpha value is -2.38. The fraction of sp³-hybridized carbons (Fsp3) is 0.273. The molecule has 0 aliphatic heterocycles. The Bertz CT molecular complexity index is 468. The highest BCUT2D eigenvalue weighted by molar-refractivity contribution is 5.93. The van der Waals surface area contributed by atoms with Crippen LogP contribution in [0.4, 0.5) is 19.3 Å². The highest BCUT2D eigenvalue weighted by atomic mass is 19.3. The number of amides is 2. The number of benzene rings is 1. The number of carbonyl (C=O) groups excluding carboxylic acids is 1. The topological polar surface area (TPSA) is 87.7 Å². The number of anilines is 1. The maximum Gasteiger partial charge on any atom is 0.387 e. The maximum absolute atomic E-state index is 12.1. The highest BCUT2D eigenvalue weighted by Gasteiger charge is 2.16. The zero-order valence-electron chi connectivity index (χ0n) is 9.89. The fourth-order valence-corrected chi connectivity index (χ4v) is 1.19. The number of hydrogen-bond donors (Lipinski definition) is 3. The number of ether oxygens (including phenoxy) is 1. The maximum atomic E-state index is 12.1. The molecule has 0 saturated carbocycles. The van der Waals surface area contributed by atoms with Gasteiger partial charge in [0.25, 0.3) is 0 Å². The van der Waals surface area contributed by atoms with E-state index < -0.39 is 24.7 Å². The van der Waals surface area contributed by atoms with Crippen LogP contribution >= 0.6 is 0 Å². The van der Waals surface area contributed by atoms with Crippen molar-refractivity contribution in [1.29, 1.82) is 0 Å². The first kappa shape index (κ1) is 14.7. The molecular formula is C11H12F2N2O4. The molecule has 19 heavy (non-hydrogen) atoms. The Balaban J connectivity index is 2.71. The van der Waals surface area contributed by atoms with Gasteiger partial charge in [-0.1, -0.05) is 12.1 Å². The third-order valence-corrected chi connectivity index (χ3v) is 2.07. The van der Waals surface area contributed by atoms with Crippen LogP contribution in [0.2, 0.25) is 0 Å². The van der Waals surface area contributed by atoms with E-state index in [0.29, 0.717) is 0 Å². The van der Waals surface area contributed by atoms with E-state index in [1.54, 1.807) is 0 Å². The Morgan fingerprint density at radius 3 is 2.53 bits per heavy atom. The number of halogens is 2. The smallest absolute Gasteiger partial charge is 0.387 e. The number of alkyl halides is 2. The Morgan fingerprint density at radius 1 is 1.32 bits per heavy atom. The van der Waals surface area contributed by atoms with Crippen LogP contribution in [-0.4, -0.2) is 29.8 Å². The highest BCUT2D eigenvalue weighted by Crippen LogP contribution is 2.25. The average molecular weight is 274 g/mol. The zero-order chi connectivity index (χ0) is 14.4. The first-order valence-corrected chi connectivity index (χ1v) is 5.24. The summed E-state index contributed by atoms with van der Waals surface area (Å²) in [5.41, 5.74) is 0.0119. The van der Waals surface area contributed by atoms with Crippen LogP contribution in [0.3, 0.4) is 0 Å². The van der Waals surface area contributed by atoms with Crippen LogP contribution in [0.5, 0.6) is 5.75 Å². The second-order valence-electron chi connectivity index (χ2n) is 3.53. The summed E-state index contributed by atoms with van der Waals surface area (Å²) in [6.07, 6.45) is 0. The van der Waals surface area contributed by atoms with Crippen molar-refractivity contribution in [3.05, 3.63) is 24.3 Å². The van der Waals surface area contributed by atoms with Crippen molar-refractivity contribution >= 4 is 17.7 Å². The number of aliphatic carboxylic acids is 1. The number of carboxylic acid groups (broad SMARTS) is 1. The summed E-state index contributed by atoms with van der Waals surface area (Å²) < 4.78 is 28.5. The van der Waals surface area contributed by atoms with E-state index in [4.69, 9.17) is 5.11 Å². The van der Waals surface area contributed by atoms with Crippen molar-refractivity contribution < 1.29 is 28.2 Å². The first-order chi connectivity index (χ1) is 8.90. The molecule has 3 N–H and O–H groups in total. The van der Waals surface area contributed by atoms with Gasteiger partial charge in [0.15, 0.2) is 0 Å². The molecule has 1 rings (SSSR count). The largest absolute Gasteiger partial charge is 0.480 e. The lowest BCUT2D eigenvalue weighted by Crippen LogP contribution is -2.40. The second-order valence-corrected chi connectivity index (χ2v) is 3.53. The lowest BCUT2D eigenvalue weighted by molar-refractivity contribution is -0.138. The van der Waals surface area contributed by atoms with Crippen LogP contribution in [-0.2, 0) is 4.79 Å². The normalized spacial score (nSPS) is 11.8. The van der Waals surface area contributed by atoms with Crippen molar-refractivity contribution in [1.82, 2.24) is 5.32 Å². The summed E-state index contributed by atoms with van der Waals surface area (Å²) in [6.45, 7) is -1.76. The summed E-state index contributed by atoms with van der Waals surface area (Å²) in [6, 6.07) is 3.63. The van der Waals surface area contributed by atoms with Crippen molar-refractivity contribution in [2.45, 2.75) is 19.6 Å². The van der Waals surface area contributed by atoms with E-state index in [2.05, 4.69) is 15.4 Å². The van der Waals surface area contributed by atoms with Crippen molar-refractivity contribution in [3.8, 4) is 5.75 Å². The molecule has 0 bridgehead atoms. The van der Waals surface area contributed by atoms with E-state index in [9.17, 15) is 18.4 Å². The molecule has 6 nitrogen and oxygen atoms in total. The second kappa shape index (κ2) is 6.53. The third-order valence-electron chi connectivity index (χ3n) is 2.07. The molecule has 0 unspecified atom stereocenters. The van der Waals surface area contributed by atoms with Gasteiger partial charge in [-0.3, -0.25) is 4.79 Å². The van der Waals surface area contributed by atoms with Crippen molar-refractivity contribution in [3.63, 3.8) is 0 Å². The monoisotopic (exact) mass is 274 g/mol. The molecular weight excluding hydrogens is 262 g/mol. The third kappa shape index (κ3) is 4.78. The standard InChI is InChI=1S/C11H12F2N2O4/c1-6(9(16)17)14-11(18)15-7-4-2-3-5-8(7)19-10(12)13/h2-6,10H,1H3,(H,16,17)(H2,14,15,18)/t6-/m1/s1. The summed E-state index contributed by atoms with van der Waals surface area (Å²) in [7, 11) is 0. The number of rotatable bonds is 5. The van der Waals surface area contributed by atoms with Gasteiger partial charge in [0, 0.05) is 0 Å². The minimum Gasteiger partial charge on any atom is -0.480 e. The molecule has 0 heterocycles. The molecule has 8 heteroatoms. The number of nitrogens with one attached hydrogen (secondary N) is 2. The van der Waals surface area contributed by atoms with E-state index in [-0.39, 0.29) is 11.4 Å². The fourth-order valence-electron chi connectivity index (χ4n) is 1.19. The van der Waals surface area contributed by atoms with Gasteiger partial charge in [0.1, 0.15) is 11.8 Å². The van der Waals surface area contributed by atoms with Gasteiger partial charge >= 0.3 is 18.6 Å². The van der Waals surface area contributed by atoms with Gasteiger partial charge in [0.2, 0.25) is 0 Å². The molecule has 1 aromatic carbocycles. The minimum absolute atomic E-state index is 0.0119.